The van der Waals surface area contributed by atoms with Crippen molar-refractivity contribution in [3.05, 3.63) is 22.1 Å². The van der Waals surface area contributed by atoms with Crippen molar-refractivity contribution in [1.29, 1.82) is 0 Å². The molecule has 0 bridgehead atoms. The molecule has 1 atom stereocenters. The van der Waals surface area contributed by atoms with Crippen LogP contribution in [0.25, 0.3) is 0 Å². The highest BCUT2D eigenvalue weighted by atomic mass is 32.2. The number of nitrogens with zero attached hydrogens (tertiary/aromatic N) is 1. The van der Waals surface area contributed by atoms with Gasteiger partial charge >= 0.3 is 17.1 Å². The smallest absolute Gasteiger partial charge is 0.464 e. The van der Waals surface area contributed by atoms with Crippen molar-refractivity contribution in [1.82, 2.24) is 10.2 Å². The van der Waals surface area contributed by atoms with Gasteiger partial charge in [-0.2, -0.15) is 0 Å². The summed E-state index contributed by atoms with van der Waals surface area (Å²) in [6, 6.07) is -0.983. The molecule has 1 aromatic heterocycles. The average molecular weight is 461 g/mol. The molecule has 1 amide bonds. The molecule has 0 spiro atoms. The summed E-state index contributed by atoms with van der Waals surface area (Å²) in [5.74, 6) is -1.64. The number of aryl methyl sites for hydroxylation is 1. The Balaban J connectivity index is 1.68. The Morgan fingerprint density at radius 3 is 2.55 bits per heavy atom. The van der Waals surface area contributed by atoms with Gasteiger partial charge in [-0.25, -0.2) is 14.4 Å². The summed E-state index contributed by atoms with van der Waals surface area (Å²) in [7, 11) is 0. The lowest BCUT2D eigenvalue weighted by Gasteiger charge is -2.26. The molecule has 31 heavy (non-hydrogen) atoms. The molecular weight excluding hydrogens is 432 g/mol. The van der Waals surface area contributed by atoms with Crippen molar-refractivity contribution in [3.63, 3.8) is 0 Å². The molecule has 2 rings (SSSR count). The molecule has 1 aliphatic heterocycles. The topological polar surface area (TPSA) is 138 Å². The number of thioether (sulfide) groups is 1. The Labute approximate surface area is 183 Å². The van der Waals surface area contributed by atoms with Crippen LogP contribution >= 0.6 is 11.8 Å². The van der Waals surface area contributed by atoms with E-state index in [0.29, 0.717) is 18.2 Å². The summed E-state index contributed by atoms with van der Waals surface area (Å²) in [5.41, 5.74) is 0. The number of morpholine rings is 1. The largest absolute Gasteiger partial charge is 0.519 e. The monoisotopic (exact) mass is 460 g/mol. The van der Waals surface area contributed by atoms with Crippen LogP contribution in [-0.2, 0) is 30.4 Å². The number of carbonyl (C=O) groups excluding carboxylic acids is 3. The normalized spacial score (nSPS) is 15.3. The van der Waals surface area contributed by atoms with Gasteiger partial charge in [0.15, 0.2) is 18.1 Å². The van der Waals surface area contributed by atoms with Gasteiger partial charge in [0.2, 0.25) is 5.91 Å². The summed E-state index contributed by atoms with van der Waals surface area (Å²) in [6.07, 6.45) is 1.57. The van der Waals surface area contributed by atoms with Crippen LogP contribution in [0.2, 0.25) is 0 Å². The minimum Gasteiger partial charge on any atom is -0.464 e. The van der Waals surface area contributed by atoms with Gasteiger partial charge in [0, 0.05) is 25.8 Å². The second-order valence-corrected chi connectivity index (χ2v) is 7.82. The molecule has 1 aromatic rings. The van der Waals surface area contributed by atoms with Gasteiger partial charge in [-0.15, -0.1) is 0 Å². The van der Waals surface area contributed by atoms with Crippen molar-refractivity contribution in [2.75, 3.05) is 45.2 Å². The minimum atomic E-state index is -0.983. The molecule has 1 aliphatic rings. The van der Waals surface area contributed by atoms with Gasteiger partial charge in [0.05, 0.1) is 19.8 Å². The van der Waals surface area contributed by atoms with E-state index in [9.17, 15) is 19.2 Å². The summed E-state index contributed by atoms with van der Waals surface area (Å²) in [6.45, 7) is 6.94. The van der Waals surface area contributed by atoms with Gasteiger partial charge in [0.1, 0.15) is 6.04 Å². The van der Waals surface area contributed by atoms with Crippen molar-refractivity contribution in [3.8, 4) is 0 Å². The second-order valence-electron chi connectivity index (χ2n) is 6.86. The molecule has 174 valence electrons. The predicted molar refractivity (Wildman–Crippen MR) is 110 cm³/mol. The van der Waals surface area contributed by atoms with E-state index >= 15 is 0 Å². The number of ether oxygens (including phenoxy) is 3. The number of carbonyl (C=O) groups is 3. The van der Waals surface area contributed by atoms with E-state index in [1.54, 1.807) is 0 Å². The van der Waals surface area contributed by atoms with Crippen LogP contribution in [0, 0.1) is 6.92 Å². The Bertz CT molecular complexity index is 786. The van der Waals surface area contributed by atoms with Crippen molar-refractivity contribution in [2.24, 2.45) is 0 Å². The zero-order valence-electron chi connectivity index (χ0n) is 17.7. The Kier molecular flexibility index (Phi) is 10.6. The summed E-state index contributed by atoms with van der Waals surface area (Å²) >= 11 is 0.704. The van der Waals surface area contributed by atoms with Crippen molar-refractivity contribution < 1.29 is 37.4 Å². The SMILES string of the molecule is CC(=O)N[C@@H](CSC(=O)OCc1oc(=O)oc1C)C(=O)OCCCCN1CCOCC1. The molecule has 0 aromatic carbocycles. The van der Waals surface area contributed by atoms with Crippen LogP contribution in [-0.4, -0.2) is 73.3 Å². The standard InChI is InChI=1S/C19H28N2O9S/c1-13-16(30-18(24)29-13)11-28-19(25)31-12-15(20-14(2)22)17(23)27-8-4-3-5-21-6-9-26-10-7-21/h15H,3-12H2,1-2H3,(H,20,22)/t15-/m0/s1. The molecule has 12 heteroatoms. The zero-order valence-corrected chi connectivity index (χ0v) is 18.5. The van der Waals surface area contributed by atoms with Crippen LogP contribution in [0.3, 0.4) is 0 Å². The van der Waals surface area contributed by atoms with Crippen LogP contribution in [0.15, 0.2) is 13.6 Å². The fraction of sp³-hybridized carbons (Fsp3) is 0.684. The van der Waals surface area contributed by atoms with E-state index in [0.717, 1.165) is 39.3 Å². The molecule has 2 heterocycles. The van der Waals surface area contributed by atoms with E-state index in [1.807, 2.05) is 0 Å². The maximum atomic E-state index is 12.3. The molecule has 0 radical (unpaired) electrons. The molecule has 1 N–H and O–H groups in total. The first-order chi connectivity index (χ1) is 14.8. The summed E-state index contributed by atoms with van der Waals surface area (Å²) < 4.78 is 24.9. The average Bonchev–Trinajstić information content (AvgIpc) is 3.06. The fourth-order valence-electron chi connectivity index (χ4n) is 2.77. The van der Waals surface area contributed by atoms with Gasteiger partial charge in [-0.05, 0) is 38.1 Å². The highest BCUT2D eigenvalue weighted by molar-refractivity contribution is 8.13. The number of esters is 1. The maximum absolute atomic E-state index is 12.3. The third-order valence-electron chi connectivity index (χ3n) is 4.40. The van der Waals surface area contributed by atoms with Crippen molar-refractivity contribution in [2.45, 2.75) is 39.3 Å². The molecular formula is C19H28N2O9S. The number of rotatable bonds is 11. The first-order valence-corrected chi connectivity index (χ1v) is 11.0. The molecule has 0 aliphatic carbocycles. The van der Waals surface area contributed by atoms with Crippen molar-refractivity contribution >= 4 is 28.9 Å². The van der Waals surface area contributed by atoms with E-state index in [4.69, 9.17) is 18.6 Å². The summed E-state index contributed by atoms with van der Waals surface area (Å²) in [4.78, 5) is 48.9. The quantitative estimate of drug-likeness (QED) is 0.375. The first kappa shape index (κ1) is 25.0. The molecule has 11 nitrogen and oxygen atoms in total. The Morgan fingerprint density at radius 2 is 1.90 bits per heavy atom. The molecule has 0 unspecified atom stereocenters. The van der Waals surface area contributed by atoms with Gasteiger partial charge in [-0.3, -0.25) is 9.69 Å². The highest BCUT2D eigenvalue weighted by Crippen LogP contribution is 2.13. The van der Waals surface area contributed by atoms with Gasteiger partial charge in [-0.1, -0.05) is 0 Å². The fourth-order valence-corrected chi connectivity index (χ4v) is 3.44. The Hall–Kier alpha value is -2.31. The lowest BCUT2D eigenvalue weighted by atomic mass is 10.3. The van der Waals surface area contributed by atoms with E-state index in [1.165, 1.54) is 13.8 Å². The summed E-state index contributed by atoms with van der Waals surface area (Å²) in [5, 5.41) is 1.78. The highest BCUT2D eigenvalue weighted by Gasteiger charge is 2.23. The zero-order chi connectivity index (χ0) is 22.6. The van der Waals surface area contributed by atoms with E-state index in [-0.39, 0.29) is 30.5 Å². The van der Waals surface area contributed by atoms with Gasteiger partial charge in [0.25, 0.3) is 0 Å². The minimum absolute atomic E-state index is 0.0562. The number of nitrogens with one attached hydrogen (secondary N) is 1. The molecule has 1 fully saturated rings. The van der Waals surface area contributed by atoms with Crippen LogP contribution < -0.4 is 11.1 Å². The maximum Gasteiger partial charge on any atom is 0.519 e. The molecule has 1 saturated heterocycles. The predicted octanol–water partition coefficient (Wildman–Crippen LogP) is 1.07. The lowest BCUT2D eigenvalue weighted by molar-refractivity contribution is -0.147. The third-order valence-corrected chi connectivity index (χ3v) is 5.26. The number of amides is 1. The van der Waals surface area contributed by atoms with E-state index in [2.05, 4.69) is 14.6 Å². The van der Waals surface area contributed by atoms with Crippen LogP contribution in [0.1, 0.15) is 31.3 Å². The second kappa shape index (κ2) is 13.2. The number of hydrogen-bond donors (Lipinski definition) is 1. The third kappa shape index (κ3) is 9.57. The van der Waals surface area contributed by atoms with Gasteiger partial charge < -0.3 is 28.4 Å². The number of hydrogen-bond acceptors (Lipinski definition) is 11. The molecule has 0 saturated carbocycles. The first-order valence-electron chi connectivity index (χ1n) is 9.98. The number of unbranched alkanes of at least 4 members (excludes halogenated alkanes) is 1. The Morgan fingerprint density at radius 1 is 1.16 bits per heavy atom. The lowest BCUT2D eigenvalue weighted by Crippen LogP contribution is -2.43. The van der Waals surface area contributed by atoms with Crippen LogP contribution in [0.5, 0.6) is 0 Å². The van der Waals surface area contributed by atoms with E-state index < -0.39 is 29.0 Å². The van der Waals surface area contributed by atoms with Crippen LogP contribution in [0.4, 0.5) is 4.79 Å².